The van der Waals surface area contributed by atoms with Gasteiger partial charge in [-0.05, 0) is 37.1 Å². The van der Waals surface area contributed by atoms with E-state index >= 15 is 0 Å². The number of piperazine rings is 1. The molecule has 0 spiro atoms. The van der Waals surface area contributed by atoms with Crippen LogP contribution in [0.4, 0.5) is 10.1 Å². The Kier molecular flexibility index (Phi) is 4.45. The summed E-state index contributed by atoms with van der Waals surface area (Å²) in [6, 6.07) is 6.77. The molecular weight excluding hydrogens is 267 g/mol. The second-order valence-corrected chi connectivity index (χ2v) is 6.60. The fraction of sp³-hybridized carbons (Fsp3) is 0.647. The summed E-state index contributed by atoms with van der Waals surface area (Å²) < 4.78 is 13.0. The Morgan fingerprint density at radius 1 is 1.00 bits per heavy atom. The lowest BCUT2D eigenvalue weighted by Gasteiger charge is -2.40. The molecule has 1 N–H and O–H groups in total. The van der Waals surface area contributed by atoms with Crippen molar-refractivity contribution in [2.24, 2.45) is 5.41 Å². The van der Waals surface area contributed by atoms with Gasteiger partial charge in [-0.2, -0.15) is 0 Å². The molecule has 1 aromatic rings. The first-order chi connectivity index (χ1) is 10.2. The molecule has 1 aliphatic heterocycles. The monoisotopic (exact) mass is 292 g/mol. The zero-order valence-corrected chi connectivity index (χ0v) is 12.6. The Morgan fingerprint density at radius 2 is 1.62 bits per heavy atom. The first-order valence-corrected chi connectivity index (χ1v) is 8.05. The average molecular weight is 292 g/mol. The van der Waals surface area contributed by atoms with Gasteiger partial charge >= 0.3 is 0 Å². The van der Waals surface area contributed by atoms with Crippen molar-refractivity contribution < 1.29 is 9.50 Å². The van der Waals surface area contributed by atoms with Crippen LogP contribution in [0.15, 0.2) is 24.3 Å². The standard InChI is InChI=1S/C17H25FN2O/c18-15-3-5-16(6-4-15)20-11-9-19(10-12-20)13-17(14-21)7-1-2-8-17/h3-6,21H,1-2,7-14H2. The third-order valence-electron chi connectivity index (χ3n) is 5.12. The summed E-state index contributed by atoms with van der Waals surface area (Å²) in [5, 5.41) is 9.73. The Morgan fingerprint density at radius 3 is 2.19 bits per heavy atom. The van der Waals surface area contributed by atoms with E-state index in [1.807, 2.05) is 12.1 Å². The van der Waals surface area contributed by atoms with Crippen LogP contribution in [0.1, 0.15) is 25.7 Å². The van der Waals surface area contributed by atoms with E-state index in [0.29, 0.717) is 6.61 Å². The fourth-order valence-electron chi connectivity index (χ4n) is 3.78. The lowest BCUT2D eigenvalue weighted by Crippen LogP contribution is -2.50. The highest BCUT2D eigenvalue weighted by atomic mass is 19.1. The van der Waals surface area contributed by atoms with E-state index in [9.17, 15) is 9.50 Å². The van der Waals surface area contributed by atoms with Gasteiger partial charge in [0, 0.05) is 50.4 Å². The van der Waals surface area contributed by atoms with Gasteiger partial charge in [-0.1, -0.05) is 12.8 Å². The molecule has 4 heteroatoms. The second-order valence-electron chi connectivity index (χ2n) is 6.60. The lowest BCUT2D eigenvalue weighted by atomic mass is 9.86. The maximum absolute atomic E-state index is 13.0. The minimum atomic E-state index is -0.177. The van der Waals surface area contributed by atoms with E-state index < -0.39 is 0 Å². The van der Waals surface area contributed by atoms with Gasteiger partial charge in [0.25, 0.3) is 0 Å². The van der Waals surface area contributed by atoms with Crippen molar-refractivity contribution in [1.29, 1.82) is 0 Å². The number of benzene rings is 1. The van der Waals surface area contributed by atoms with E-state index in [-0.39, 0.29) is 11.2 Å². The van der Waals surface area contributed by atoms with Crippen LogP contribution in [0.2, 0.25) is 0 Å². The van der Waals surface area contributed by atoms with Gasteiger partial charge in [0.15, 0.2) is 0 Å². The van der Waals surface area contributed by atoms with Gasteiger partial charge in [-0.15, -0.1) is 0 Å². The first kappa shape index (κ1) is 14.8. The molecular formula is C17H25FN2O. The van der Waals surface area contributed by atoms with Crippen LogP contribution in [0.5, 0.6) is 0 Å². The lowest BCUT2D eigenvalue weighted by molar-refractivity contribution is 0.0757. The molecule has 2 aliphatic rings. The largest absolute Gasteiger partial charge is 0.396 e. The molecule has 1 heterocycles. The highest BCUT2D eigenvalue weighted by molar-refractivity contribution is 5.46. The van der Waals surface area contributed by atoms with Crippen LogP contribution in [0, 0.1) is 11.2 Å². The number of halogens is 1. The van der Waals surface area contributed by atoms with Gasteiger partial charge in [0.2, 0.25) is 0 Å². The van der Waals surface area contributed by atoms with Crippen molar-refractivity contribution in [2.75, 3.05) is 44.2 Å². The average Bonchev–Trinajstić information content (AvgIpc) is 2.98. The second kappa shape index (κ2) is 6.32. The van der Waals surface area contributed by atoms with Crippen molar-refractivity contribution in [1.82, 2.24) is 4.90 Å². The Bertz CT molecular complexity index is 448. The molecule has 1 saturated carbocycles. The van der Waals surface area contributed by atoms with E-state index in [4.69, 9.17) is 0 Å². The highest BCUT2D eigenvalue weighted by Gasteiger charge is 2.35. The van der Waals surface area contributed by atoms with Gasteiger partial charge in [-0.3, -0.25) is 4.90 Å². The predicted octanol–water partition coefficient (Wildman–Crippen LogP) is 2.50. The van der Waals surface area contributed by atoms with Crippen LogP contribution >= 0.6 is 0 Å². The van der Waals surface area contributed by atoms with Crippen LogP contribution in [-0.2, 0) is 0 Å². The number of rotatable bonds is 4. The van der Waals surface area contributed by atoms with Crippen molar-refractivity contribution in [3.8, 4) is 0 Å². The fourth-order valence-corrected chi connectivity index (χ4v) is 3.78. The zero-order valence-electron chi connectivity index (χ0n) is 12.6. The third-order valence-corrected chi connectivity index (χ3v) is 5.12. The van der Waals surface area contributed by atoms with Crippen LogP contribution in [-0.4, -0.2) is 49.3 Å². The number of hydrogen-bond donors (Lipinski definition) is 1. The molecule has 0 bridgehead atoms. The van der Waals surface area contributed by atoms with E-state index in [2.05, 4.69) is 9.80 Å². The number of aliphatic hydroxyl groups excluding tert-OH is 1. The summed E-state index contributed by atoms with van der Waals surface area (Å²) in [5.74, 6) is -0.177. The topological polar surface area (TPSA) is 26.7 Å². The molecule has 1 aromatic carbocycles. The summed E-state index contributed by atoms with van der Waals surface area (Å²) in [6.07, 6.45) is 4.86. The van der Waals surface area contributed by atoms with Gasteiger partial charge < -0.3 is 10.0 Å². The third kappa shape index (κ3) is 3.38. The molecule has 3 nitrogen and oxygen atoms in total. The van der Waals surface area contributed by atoms with Gasteiger partial charge in [0.05, 0.1) is 0 Å². The molecule has 21 heavy (non-hydrogen) atoms. The number of hydrogen-bond acceptors (Lipinski definition) is 3. The summed E-state index contributed by atoms with van der Waals surface area (Å²) in [6.45, 7) is 5.37. The summed E-state index contributed by atoms with van der Waals surface area (Å²) in [4.78, 5) is 4.80. The van der Waals surface area contributed by atoms with Crippen molar-refractivity contribution in [3.63, 3.8) is 0 Å². The minimum absolute atomic E-state index is 0.151. The number of anilines is 1. The Labute approximate surface area is 126 Å². The maximum Gasteiger partial charge on any atom is 0.123 e. The molecule has 0 radical (unpaired) electrons. The molecule has 0 unspecified atom stereocenters. The van der Waals surface area contributed by atoms with Crippen LogP contribution < -0.4 is 4.90 Å². The van der Waals surface area contributed by atoms with Gasteiger partial charge in [0.1, 0.15) is 5.82 Å². The maximum atomic E-state index is 13.0. The molecule has 0 aromatic heterocycles. The normalized spacial score (nSPS) is 22.7. The summed E-state index contributed by atoms with van der Waals surface area (Å²) in [7, 11) is 0. The van der Waals surface area contributed by atoms with Crippen LogP contribution in [0.3, 0.4) is 0 Å². The predicted molar refractivity (Wildman–Crippen MR) is 83.0 cm³/mol. The molecule has 116 valence electrons. The molecule has 0 atom stereocenters. The molecule has 0 amide bonds. The summed E-state index contributed by atoms with van der Waals surface area (Å²) in [5.41, 5.74) is 1.26. The van der Waals surface area contributed by atoms with E-state index in [0.717, 1.165) is 38.4 Å². The smallest absolute Gasteiger partial charge is 0.123 e. The zero-order chi connectivity index (χ0) is 14.7. The molecule has 3 rings (SSSR count). The quantitative estimate of drug-likeness (QED) is 0.923. The number of nitrogens with zero attached hydrogens (tertiary/aromatic N) is 2. The summed E-state index contributed by atoms with van der Waals surface area (Å²) >= 11 is 0. The Balaban J connectivity index is 1.54. The molecule has 2 fully saturated rings. The molecule has 1 saturated heterocycles. The highest BCUT2D eigenvalue weighted by Crippen LogP contribution is 2.38. The van der Waals surface area contributed by atoms with E-state index in [1.54, 1.807) is 0 Å². The van der Waals surface area contributed by atoms with Crippen molar-refractivity contribution in [2.45, 2.75) is 25.7 Å². The van der Waals surface area contributed by atoms with Crippen molar-refractivity contribution >= 4 is 5.69 Å². The van der Waals surface area contributed by atoms with Crippen molar-refractivity contribution in [3.05, 3.63) is 30.1 Å². The van der Waals surface area contributed by atoms with Crippen LogP contribution in [0.25, 0.3) is 0 Å². The minimum Gasteiger partial charge on any atom is -0.396 e. The van der Waals surface area contributed by atoms with Gasteiger partial charge in [-0.25, -0.2) is 4.39 Å². The first-order valence-electron chi connectivity index (χ1n) is 8.05. The SMILES string of the molecule is OCC1(CN2CCN(c3ccc(F)cc3)CC2)CCCC1. The molecule has 1 aliphatic carbocycles. The van der Waals surface area contributed by atoms with E-state index in [1.165, 1.54) is 37.8 Å². The Hall–Kier alpha value is -1.13. The number of aliphatic hydroxyl groups is 1.